The highest BCUT2D eigenvalue weighted by Crippen LogP contribution is 2.64. The summed E-state index contributed by atoms with van der Waals surface area (Å²) in [6.45, 7) is 0. The Morgan fingerprint density at radius 1 is 0.385 bits per heavy atom. The van der Waals surface area contributed by atoms with E-state index in [-0.39, 0.29) is 0 Å². The molecule has 4 heterocycles. The van der Waals surface area contributed by atoms with Gasteiger partial charge in [-0.25, -0.2) is 0 Å². The van der Waals surface area contributed by atoms with Gasteiger partial charge in [0.2, 0.25) is 0 Å². The van der Waals surface area contributed by atoms with Gasteiger partial charge in [0.15, 0.2) is 0 Å². The maximum absolute atomic E-state index is 6.33. The van der Waals surface area contributed by atoms with Crippen molar-refractivity contribution in [1.82, 2.24) is 19.9 Å². The van der Waals surface area contributed by atoms with Crippen LogP contribution in [0.15, 0.2) is 134 Å². The Bertz CT molecular complexity index is 2570. The number of rotatable bonds is 4. The Labute approximate surface area is 298 Å². The van der Waals surface area contributed by atoms with Crippen molar-refractivity contribution in [2.45, 2.75) is 10.8 Å². The van der Waals surface area contributed by atoms with Gasteiger partial charge in [-0.05, 0) is 106 Å². The highest BCUT2D eigenvalue weighted by molar-refractivity contribution is 6.03. The molecule has 0 bridgehead atoms. The number of nitrogens with one attached hydrogen (secondary N) is 4. The van der Waals surface area contributed by atoms with Crippen LogP contribution in [0, 0.1) is 0 Å². The van der Waals surface area contributed by atoms with Crippen molar-refractivity contribution >= 4 is 44.8 Å². The molecule has 0 fully saturated rings. The number of fused-ring (bicyclic) bond motifs is 10. The summed E-state index contributed by atoms with van der Waals surface area (Å²) in [6, 6.07) is 42.3. The van der Waals surface area contributed by atoms with Gasteiger partial charge in [-0.3, -0.25) is 0 Å². The molecule has 2 aliphatic rings. The van der Waals surface area contributed by atoms with Gasteiger partial charge in [0, 0.05) is 57.4 Å². The maximum atomic E-state index is 6.33. The number of H-pyrrole nitrogens is 4. The Morgan fingerprint density at radius 2 is 0.692 bits per heavy atom. The summed E-state index contributed by atoms with van der Waals surface area (Å²) >= 11 is 0. The standard InChI is InChI=1S/C44H34N8/c45-27-9-1-23(2-10-27)43(24-3-11-28(46)12-4-24)33-21-32-34(22-31(33)39-37(43)41-35(51-39)17-19-49-41)44(25-5-13-29(47)14-6-25,26-7-15-30(48)16-8-26)38-40(32)52-36-18-20-50-42(36)38/h1-22,49-52H,45-48H2. The van der Waals surface area contributed by atoms with Crippen molar-refractivity contribution in [3.05, 3.63) is 178 Å². The number of aromatic nitrogens is 4. The fourth-order valence-corrected chi connectivity index (χ4v) is 9.53. The number of hydrogen-bond acceptors (Lipinski definition) is 4. The van der Waals surface area contributed by atoms with Gasteiger partial charge in [-0.2, -0.15) is 0 Å². The predicted octanol–water partition coefficient (Wildman–Crippen LogP) is 8.36. The summed E-state index contributed by atoms with van der Waals surface area (Å²) in [4.78, 5) is 14.9. The molecule has 0 saturated heterocycles. The second kappa shape index (κ2) is 9.80. The quantitative estimate of drug-likeness (QED) is 0.0879. The smallest absolute Gasteiger partial charge is 0.0750 e. The Morgan fingerprint density at radius 3 is 1.00 bits per heavy atom. The van der Waals surface area contributed by atoms with E-state index in [0.29, 0.717) is 22.7 Å². The van der Waals surface area contributed by atoms with E-state index in [1.165, 1.54) is 22.3 Å². The van der Waals surface area contributed by atoms with Crippen molar-refractivity contribution in [1.29, 1.82) is 0 Å². The van der Waals surface area contributed by atoms with Gasteiger partial charge in [-0.15, -0.1) is 0 Å². The highest BCUT2D eigenvalue weighted by Gasteiger charge is 2.54. The summed E-state index contributed by atoms with van der Waals surface area (Å²) in [5, 5.41) is 0. The van der Waals surface area contributed by atoms with Crippen LogP contribution in [0.3, 0.4) is 0 Å². The van der Waals surface area contributed by atoms with Gasteiger partial charge >= 0.3 is 0 Å². The number of nitrogens with two attached hydrogens (primary N) is 4. The first-order valence-corrected chi connectivity index (χ1v) is 17.4. The molecule has 2 aliphatic carbocycles. The molecule has 0 atom stereocenters. The van der Waals surface area contributed by atoms with Crippen LogP contribution < -0.4 is 22.9 Å². The number of aromatic amines is 4. The van der Waals surface area contributed by atoms with Crippen LogP contribution in [-0.4, -0.2) is 19.9 Å². The predicted molar refractivity (Wildman–Crippen MR) is 211 cm³/mol. The number of nitrogen functional groups attached to an aromatic ring is 4. The van der Waals surface area contributed by atoms with E-state index in [1.807, 2.05) is 60.9 Å². The largest absolute Gasteiger partial charge is 0.399 e. The van der Waals surface area contributed by atoms with E-state index in [2.05, 4.69) is 92.7 Å². The minimum Gasteiger partial charge on any atom is -0.399 e. The first-order valence-electron chi connectivity index (χ1n) is 17.4. The van der Waals surface area contributed by atoms with Crippen molar-refractivity contribution in [2.24, 2.45) is 0 Å². The van der Waals surface area contributed by atoms with Crippen molar-refractivity contribution in [2.75, 3.05) is 22.9 Å². The van der Waals surface area contributed by atoms with Crippen LogP contribution in [0.1, 0.15) is 44.5 Å². The van der Waals surface area contributed by atoms with E-state index in [1.54, 1.807) is 0 Å². The van der Waals surface area contributed by atoms with E-state index in [9.17, 15) is 0 Å². The minimum absolute atomic E-state index is 0.703. The molecule has 8 heteroatoms. The van der Waals surface area contributed by atoms with Crippen LogP contribution in [-0.2, 0) is 10.8 Å². The fraction of sp³-hybridized carbons (Fsp3) is 0.0455. The lowest BCUT2D eigenvalue weighted by Gasteiger charge is -2.35. The highest BCUT2D eigenvalue weighted by atomic mass is 14.9. The van der Waals surface area contributed by atoms with Crippen LogP contribution >= 0.6 is 0 Å². The molecule has 4 aromatic heterocycles. The van der Waals surface area contributed by atoms with Crippen LogP contribution in [0.5, 0.6) is 0 Å². The molecule has 9 aromatic rings. The molecule has 52 heavy (non-hydrogen) atoms. The molecule has 0 saturated carbocycles. The summed E-state index contributed by atoms with van der Waals surface area (Å²) < 4.78 is 0. The maximum Gasteiger partial charge on any atom is 0.0750 e. The Kier molecular flexibility index (Phi) is 5.42. The summed E-state index contributed by atoms with van der Waals surface area (Å²) in [5.41, 5.74) is 44.6. The number of anilines is 4. The van der Waals surface area contributed by atoms with Gasteiger partial charge in [0.25, 0.3) is 0 Å². The molecule has 0 radical (unpaired) electrons. The molecule has 11 rings (SSSR count). The third-order valence-electron chi connectivity index (χ3n) is 11.6. The minimum atomic E-state index is -0.703. The molecule has 250 valence electrons. The summed E-state index contributed by atoms with van der Waals surface area (Å²) in [7, 11) is 0. The SMILES string of the molecule is Nc1ccc(C2(c3ccc(N)cc3)c3cc4c(cc3-c3[nH]c5cc[nH]c5c32)C(c2ccc(N)cc2)(c2ccc(N)cc2)c2c-4[nH]c3cc[nH]c23)cc1. The molecule has 0 amide bonds. The molecule has 8 nitrogen and oxygen atoms in total. The molecular weight excluding hydrogens is 641 g/mol. The average molecular weight is 675 g/mol. The number of benzene rings is 5. The zero-order chi connectivity index (χ0) is 34.9. The van der Waals surface area contributed by atoms with Crippen LogP contribution in [0.4, 0.5) is 22.7 Å². The summed E-state index contributed by atoms with van der Waals surface area (Å²) in [6.07, 6.45) is 4.00. The Hall–Kier alpha value is -7.06. The zero-order valence-electron chi connectivity index (χ0n) is 28.0. The Balaban J connectivity index is 1.33. The van der Waals surface area contributed by atoms with Crippen LogP contribution in [0.25, 0.3) is 44.6 Å². The molecule has 0 spiro atoms. The van der Waals surface area contributed by atoms with Crippen molar-refractivity contribution in [3.63, 3.8) is 0 Å². The van der Waals surface area contributed by atoms with Crippen molar-refractivity contribution in [3.8, 4) is 22.5 Å². The van der Waals surface area contributed by atoms with E-state index in [0.717, 1.165) is 66.8 Å². The zero-order valence-corrected chi connectivity index (χ0v) is 28.0. The monoisotopic (exact) mass is 674 g/mol. The topological polar surface area (TPSA) is 167 Å². The lowest BCUT2D eigenvalue weighted by molar-refractivity contribution is 0.764. The van der Waals surface area contributed by atoms with E-state index >= 15 is 0 Å². The molecule has 5 aromatic carbocycles. The molecule has 12 N–H and O–H groups in total. The lowest BCUT2D eigenvalue weighted by atomic mass is 9.65. The first-order chi connectivity index (χ1) is 25.4. The van der Waals surface area contributed by atoms with Gasteiger partial charge in [0.05, 0.1) is 44.3 Å². The van der Waals surface area contributed by atoms with Crippen LogP contribution in [0.2, 0.25) is 0 Å². The van der Waals surface area contributed by atoms with Gasteiger partial charge in [0.1, 0.15) is 0 Å². The molecule has 0 aliphatic heterocycles. The first kappa shape index (κ1) is 28.7. The third kappa shape index (κ3) is 3.40. The second-order valence-electron chi connectivity index (χ2n) is 14.2. The van der Waals surface area contributed by atoms with Gasteiger partial charge < -0.3 is 42.9 Å². The number of hydrogen-bond donors (Lipinski definition) is 8. The molecular formula is C44H34N8. The second-order valence-corrected chi connectivity index (χ2v) is 14.2. The molecule has 0 unspecified atom stereocenters. The van der Waals surface area contributed by atoms with Gasteiger partial charge in [-0.1, -0.05) is 48.5 Å². The fourth-order valence-electron chi connectivity index (χ4n) is 9.53. The van der Waals surface area contributed by atoms with E-state index in [4.69, 9.17) is 22.9 Å². The van der Waals surface area contributed by atoms with E-state index < -0.39 is 10.8 Å². The summed E-state index contributed by atoms with van der Waals surface area (Å²) in [5.74, 6) is 0. The average Bonchev–Trinajstić information content (AvgIpc) is 3.99. The third-order valence-corrected chi connectivity index (χ3v) is 11.6. The van der Waals surface area contributed by atoms with Crippen molar-refractivity contribution < 1.29 is 0 Å². The normalized spacial score (nSPS) is 14.8. The lowest BCUT2D eigenvalue weighted by Crippen LogP contribution is -2.30.